The second kappa shape index (κ2) is 4.90. The van der Waals surface area contributed by atoms with Crippen molar-refractivity contribution in [2.45, 2.75) is 0 Å². The Morgan fingerprint density at radius 2 is 1.75 bits per heavy atom. The lowest BCUT2D eigenvalue weighted by molar-refractivity contribution is 0.103. The first-order valence-electron chi connectivity index (χ1n) is 6.07. The van der Waals surface area contributed by atoms with E-state index in [9.17, 15) is 10.1 Å². The highest BCUT2D eigenvalue weighted by Crippen LogP contribution is 2.32. The number of nitrogens with one attached hydrogen (secondary N) is 1. The molecule has 4 nitrogen and oxygen atoms in total. The van der Waals surface area contributed by atoms with Gasteiger partial charge < -0.3 is 4.84 Å². The van der Waals surface area contributed by atoms with Crippen molar-refractivity contribution in [3.05, 3.63) is 71.3 Å². The molecular formula is C16H10N2O2. The van der Waals surface area contributed by atoms with Gasteiger partial charge in [0, 0.05) is 11.1 Å². The van der Waals surface area contributed by atoms with Crippen LogP contribution < -0.4 is 10.3 Å². The molecule has 4 heteroatoms. The number of benzene rings is 2. The quantitative estimate of drug-likeness (QED) is 0.513. The van der Waals surface area contributed by atoms with Gasteiger partial charge in [0.25, 0.3) is 0 Å². The number of hydrogen-bond acceptors (Lipinski definition) is 4. The Morgan fingerprint density at radius 1 is 1.05 bits per heavy atom. The number of rotatable bonds is 2. The van der Waals surface area contributed by atoms with Gasteiger partial charge in [0.1, 0.15) is 17.3 Å². The fourth-order valence-electron chi connectivity index (χ4n) is 2.06. The summed E-state index contributed by atoms with van der Waals surface area (Å²) in [6, 6.07) is 17.9. The van der Waals surface area contributed by atoms with Crippen molar-refractivity contribution in [1.29, 1.82) is 5.26 Å². The molecule has 1 aliphatic heterocycles. The topological polar surface area (TPSA) is 62.1 Å². The number of ketones is 1. The summed E-state index contributed by atoms with van der Waals surface area (Å²) < 4.78 is 0. The van der Waals surface area contributed by atoms with Gasteiger partial charge in [0.15, 0.2) is 5.75 Å². The molecule has 0 fully saturated rings. The van der Waals surface area contributed by atoms with Crippen LogP contribution in [0.25, 0.3) is 5.70 Å². The summed E-state index contributed by atoms with van der Waals surface area (Å²) >= 11 is 0. The van der Waals surface area contributed by atoms with Crippen LogP contribution in [0.4, 0.5) is 0 Å². The largest absolute Gasteiger partial charge is 0.381 e. The Kier molecular flexibility index (Phi) is 2.94. The number of nitriles is 1. The number of para-hydroxylation sites is 1. The number of carbonyl (C=O) groups excluding carboxylic acids is 1. The number of nitrogens with zero attached hydrogens (tertiary/aromatic N) is 1. The van der Waals surface area contributed by atoms with E-state index in [0.29, 0.717) is 22.6 Å². The zero-order valence-electron chi connectivity index (χ0n) is 10.5. The van der Waals surface area contributed by atoms with Gasteiger partial charge >= 0.3 is 0 Å². The molecule has 0 aromatic heterocycles. The monoisotopic (exact) mass is 262 g/mol. The molecule has 2 aromatic carbocycles. The highest BCUT2D eigenvalue weighted by atomic mass is 16.7. The van der Waals surface area contributed by atoms with Crippen LogP contribution in [0, 0.1) is 11.3 Å². The molecular weight excluding hydrogens is 252 g/mol. The molecule has 1 N–H and O–H groups in total. The molecule has 0 saturated carbocycles. The maximum atomic E-state index is 12.4. The summed E-state index contributed by atoms with van der Waals surface area (Å²) in [6.07, 6.45) is 0. The molecule has 96 valence electrons. The van der Waals surface area contributed by atoms with E-state index in [-0.39, 0.29) is 11.4 Å². The van der Waals surface area contributed by atoms with Gasteiger partial charge in [0.2, 0.25) is 5.78 Å². The van der Waals surface area contributed by atoms with Crippen molar-refractivity contribution in [1.82, 2.24) is 5.48 Å². The molecule has 3 rings (SSSR count). The van der Waals surface area contributed by atoms with Crippen molar-refractivity contribution in [2.24, 2.45) is 0 Å². The number of Topliss-reactive ketones (excluding diaryl/α,β-unsaturated/α-hetero) is 1. The first-order valence-corrected chi connectivity index (χ1v) is 6.07. The number of hydrogen-bond donors (Lipinski definition) is 1. The number of allylic oxidation sites excluding steroid dienone is 1. The molecule has 0 bridgehead atoms. The van der Waals surface area contributed by atoms with Crippen molar-refractivity contribution in [2.75, 3.05) is 0 Å². The Balaban J connectivity index is 2.10. The zero-order chi connectivity index (χ0) is 13.9. The van der Waals surface area contributed by atoms with E-state index in [4.69, 9.17) is 4.84 Å². The average Bonchev–Trinajstić information content (AvgIpc) is 2.93. The zero-order valence-corrected chi connectivity index (χ0v) is 10.5. The molecule has 1 aliphatic rings. The highest BCUT2D eigenvalue weighted by Gasteiger charge is 2.25. The molecule has 1 heterocycles. The highest BCUT2D eigenvalue weighted by molar-refractivity contribution is 6.16. The Morgan fingerprint density at radius 3 is 2.50 bits per heavy atom. The standard InChI is InChI=1S/C16H10N2O2/c17-10-13(16(19)11-6-2-1-3-7-11)15-12-8-4-5-9-14(12)20-18-15/h1-9,18H. The summed E-state index contributed by atoms with van der Waals surface area (Å²) in [5.41, 5.74) is 4.31. The van der Waals surface area contributed by atoms with E-state index in [1.54, 1.807) is 36.4 Å². The fraction of sp³-hybridized carbons (Fsp3) is 0. The molecule has 0 unspecified atom stereocenters. The predicted molar refractivity (Wildman–Crippen MR) is 73.5 cm³/mol. The van der Waals surface area contributed by atoms with Crippen LogP contribution >= 0.6 is 0 Å². The fourth-order valence-corrected chi connectivity index (χ4v) is 2.06. The van der Waals surface area contributed by atoms with Crippen molar-refractivity contribution in [3.8, 4) is 11.8 Å². The summed E-state index contributed by atoms with van der Waals surface area (Å²) in [5.74, 6) is 0.284. The van der Waals surface area contributed by atoms with E-state index >= 15 is 0 Å². The maximum absolute atomic E-state index is 12.4. The van der Waals surface area contributed by atoms with Gasteiger partial charge in [-0.3, -0.25) is 4.79 Å². The number of hydroxylamine groups is 1. The normalized spacial score (nSPS) is 14.6. The molecule has 0 amide bonds. The van der Waals surface area contributed by atoms with E-state index in [1.807, 2.05) is 24.3 Å². The summed E-state index contributed by atoms with van der Waals surface area (Å²) in [6.45, 7) is 0. The first kappa shape index (κ1) is 12.0. The maximum Gasteiger partial charge on any atom is 0.205 e. The molecule has 2 aromatic rings. The van der Waals surface area contributed by atoms with E-state index in [1.165, 1.54) is 0 Å². The molecule has 0 spiro atoms. The Hall–Kier alpha value is -3.06. The van der Waals surface area contributed by atoms with Crippen LogP contribution in [0.15, 0.2) is 60.2 Å². The number of carbonyl (C=O) groups is 1. The van der Waals surface area contributed by atoms with Crippen LogP contribution in [0.2, 0.25) is 0 Å². The van der Waals surface area contributed by atoms with Crippen LogP contribution in [-0.2, 0) is 0 Å². The average molecular weight is 262 g/mol. The lowest BCUT2D eigenvalue weighted by Gasteiger charge is -2.03. The van der Waals surface area contributed by atoms with Gasteiger partial charge in [-0.15, -0.1) is 0 Å². The molecule has 0 aliphatic carbocycles. The van der Waals surface area contributed by atoms with Gasteiger partial charge in [-0.25, -0.2) is 5.48 Å². The summed E-state index contributed by atoms with van der Waals surface area (Å²) in [4.78, 5) is 17.7. The minimum Gasteiger partial charge on any atom is -0.381 e. The SMILES string of the molecule is N#CC(C(=O)c1ccccc1)=C1NOc2ccccc21. The second-order valence-corrected chi connectivity index (χ2v) is 4.26. The molecule has 0 saturated heterocycles. The van der Waals surface area contributed by atoms with E-state index in [0.717, 1.165) is 0 Å². The van der Waals surface area contributed by atoms with Crippen molar-refractivity contribution in [3.63, 3.8) is 0 Å². The van der Waals surface area contributed by atoms with Crippen molar-refractivity contribution < 1.29 is 9.63 Å². The lowest BCUT2D eigenvalue weighted by atomic mass is 9.99. The minimum atomic E-state index is -0.323. The van der Waals surface area contributed by atoms with Crippen LogP contribution in [0.1, 0.15) is 15.9 Å². The third-order valence-corrected chi connectivity index (χ3v) is 3.04. The lowest BCUT2D eigenvalue weighted by Crippen LogP contribution is -2.14. The van der Waals surface area contributed by atoms with Crippen LogP contribution in [0.3, 0.4) is 0 Å². The first-order chi connectivity index (χ1) is 9.81. The number of fused-ring (bicyclic) bond motifs is 1. The minimum absolute atomic E-state index is 0.0427. The van der Waals surface area contributed by atoms with E-state index in [2.05, 4.69) is 5.48 Å². The van der Waals surface area contributed by atoms with E-state index < -0.39 is 0 Å². The molecule has 0 atom stereocenters. The summed E-state index contributed by atoms with van der Waals surface area (Å²) in [7, 11) is 0. The Bertz CT molecular complexity index is 743. The predicted octanol–water partition coefficient (Wildman–Crippen LogP) is 2.70. The Labute approximate surface area is 115 Å². The molecule has 20 heavy (non-hydrogen) atoms. The third-order valence-electron chi connectivity index (χ3n) is 3.04. The van der Waals surface area contributed by atoms with Gasteiger partial charge in [-0.05, 0) is 12.1 Å². The smallest absolute Gasteiger partial charge is 0.205 e. The van der Waals surface area contributed by atoms with Gasteiger partial charge in [0.05, 0.1) is 0 Å². The van der Waals surface area contributed by atoms with Crippen molar-refractivity contribution >= 4 is 11.5 Å². The van der Waals surface area contributed by atoms with Gasteiger partial charge in [-0.1, -0.05) is 42.5 Å². The van der Waals surface area contributed by atoms with Crippen LogP contribution in [0.5, 0.6) is 5.75 Å². The molecule has 0 radical (unpaired) electrons. The van der Waals surface area contributed by atoms with Gasteiger partial charge in [-0.2, -0.15) is 5.26 Å². The van der Waals surface area contributed by atoms with Crippen LogP contribution in [-0.4, -0.2) is 5.78 Å². The summed E-state index contributed by atoms with van der Waals surface area (Å²) in [5, 5.41) is 9.32. The second-order valence-electron chi connectivity index (χ2n) is 4.26. The third kappa shape index (κ3) is 1.91.